The van der Waals surface area contributed by atoms with E-state index in [4.69, 9.17) is 4.74 Å². The van der Waals surface area contributed by atoms with E-state index in [9.17, 15) is 43.2 Å². The number of nitrogens with one attached hydrogen (secondary N) is 1. The number of thiophene rings is 1. The SMILES string of the molecule is CN1CCC(Oc2cc(NS(=O)(=O)c3ccc(S(=O)(=O)c4ncccc4C(F)(F)F)s3)ccc2C(F)(F)F)C1. The smallest absolute Gasteiger partial charge is 0.419 e. The first-order valence-electron chi connectivity index (χ1n) is 10.9. The zero-order valence-corrected chi connectivity index (χ0v) is 22.2. The maximum Gasteiger partial charge on any atom is 0.419 e. The van der Waals surface area contributed by atoms with Gasteiger partial charge in [0.25, 0.3) is 10.0 Å². The summed E-state index contributed by atoms with van der Waals surface area (Å²) in [5.41, 5.74) is -2.93. The Morgan fingerprint density at radius 2 is 1.64 bits per heavy atom. The van der Waals surface area contributed by atoms with Crippen LogP contribution in [0.3, 0.4) is 0 Å². The summed E-state index contributed by atoms with van der Waals surface area (Å²) in [6, 6.07) is 5.48. The average molecular weight is 616 g/mol. The minimum absolute atomic E-state index is 0.156. The van der Waals surface area contributed by atoms with Crippen LogP contribution in [-0.4, -0.2) is 53.0 Å². The summed E-state index contributed by atoms with van der Waals surface area (Å²) in [6.07, 6.45) is -9.07. The van der Waals surface area contributed by atoms with Crippen molar-refractivity contribution >= 4 is 36.9 Å². The van der Waals surface area contributed by atoms with Crippen molar-refractivity contribution in [3.05, 3.63) is 59.8 Å². The number of halogens is 6. The molecular formula is C22H19F6N3O5S3. The molecule has 1 saturated heterocycles. The highest BCUT2D eigenvalue weighted by molar-refractivity contribution is 7.96. The van der Waals surface area contributed by atoms with Crippen LogP contribution in [0.15, 0.2) is 62.1 Å². The van der Waals surface area contributed by atoms with Crippen LogP contribution in [0.1, 0.15) is 17.5 Å². The van der Waals surface area contributed by atoms with Crippen LogP contribution >= 0.6 is 11.3 Å². The van der Waals surface area contributed by atoms with Gasteiger partial charge in [-0.3, -0.25) is 4.72 Å². The topological polar surface area (TPSA) is 106 Å². The van der Waals surface area contributed by atoms with Crippen molar-refractivity contribution in [1.82, 2.24) is 9.88 Å². The van der Waals surface area contributed by atoms with Crippen LogP contribution in [0, 0.1) is 0 Å². The molecule has 1 fully saturated rings. The Morgan fingerprint density at radius 1 is 0.974 bits per heavy atom. The predicted octanol–water partition coefficient (Wildman–Crippen LogP) is 4.90. The van der Waals surface area contributed by atoms with Gasteiger partial charge in [-0.2, -0.15) is 26.3 Å². The number of likely N-dealkylation sites (N-methyl/N-ethyl adjacent to an activating group) is 1. The van der Waals surface area contributed by atoms with E-state index in [0.717, 1.165) is 36.5 Å². The van der Waals surface area contributed by atoms with Gasteiger partial charge in [-0.1, -0.05) is 0 Å². The lowest BCUT2D eigenvalue weighted by Crippen LogP contribution is -2.23. The molecule has 39 heavy (non-hydrogen) atoms. The van der Waals surface area contributed by atoms with E-state index in [0.29, 0.717) is 31.6 Å². The first-order chi connectivity index (χ1) is 18.0. The molecule has 1 atom stereocenters. The van der Waals surface area contributed by atoms with Gasteiger partial charge in [-0.15, -0.1) is 11.3 Å². The molecule has 0 spiro atoms. The third-order valence-electron chi connectivity index (χ3n) is 5.60. The van der Waals surface area contributed by atoms with Crippen molar-refractivity contribution in [2.75, 3.05) is 24.9 Å². The van der Waals surface area contributed by atoms with Crippen LogP contribution in [0.2, 0.25) is 0 Å². The highest BCUT2D eigenvalue weighted by atomic mass is 32.3. The average Bonchev–Trinajstić information content (AvgIpc) is 3.48. The van der Waals surface area contributed by atoms with Crippen molar-refractivity contribution in [3.63, 3.8) is 0 Å². The lowest BCUT2D eigenvalue weighted by molar-refractivity contribution is -0.140. The van der Waals surface area contributed by atoms with Gasteiger partial charge in [0.15, 0.2) is 5.03 Å². The molecule has 0 aliphatic carbocycles. The van der Waals surface area contributed by atoms with Gasteiger partial charge in [-0.05, 0) is 49.9 Å². The van der Waals surface area contributed by atoms with Crippen molar-refractivity contribution < 1.29 is 47.9 Å². The van der Waals surface area contributed by atoms with Crippen molar-refractivity contribution in [3.8, 4) is 5.75 Å². The molecule has 1 aliphatic rings. The largest absolute Gasteiger partial charge is 0.488 e. The number of hydrogen-bond acceptors (Lipinski definition) is 8. The minimum Gasteiger partial charge on any atom is -0.488 e. The first kappa shape index (κ1) is 29.1. The summed E-state index contributed by atoms with van der Waals surface area (Å²) in [5, 5.41) is -1.29. The molecule has 1 N–H and O–H groups in total. The van der Waals surface area contributed by atoms with E-state index in [1.165, 1.54) is 0 Å². The minimum atomic E-state index is -5.04. The third-order valence-corrected chi connectivity index (χ3v) is 10.8. The van der Waals surface area contributed by atoms with E-state index in [1.54, 1.807) is 7.05 Å². The molecule has 8 nitrogen and oxygen atoms in total. The summed E-state index contributed by atoms with van der Waals surface area (Å²) in [4.78, 5) is 5.20. The normalized spacial score (nSPS) is 17.4. The number of rotatable bonds is 7. The fourth-order valence-corrected chi connectivity index (χ4v) is 8.10. The lowest BCUT2D eigenvalue weighted by Gasteiger charge is -2.19. The molecule has 0 saturated carbocycles. The molecular weight excluding hydrogens is 596 g/mol. The Morgan fingerprint density at radius 3 is 2.26 bits per heavy atom. The Balaban J connectivity index is 1.63. The molecule has 0 bridgehead atoms. The molecule has 1 aromatic carbocycles. The molecule has 0 radical (unpaired) electrons. The van der Waals surface area contributed by atoms with E-state index in [-0.39, 0.29) is 17.0 Å². The van der Waals surface area contributed by atoms with Crippen molar-refractivity contribution in [2.24, 2.45) is 0 Å². The fraction of sp³-hybridized carbons (Fsp3) is 0.318. The van der Waals surface area contributed by atoms with Gasteiger partial charge in [0.05, 0.1) is 16.8 Å². The Bertz CT molecular complexity index is 1590. The second-order valence-electron chi connectivity index (χ2n) is 8.54. The second-order valence-corrected chi connectivity index (χ2v) is 13.6. The van der Waals surface area contributed by atoms with E-state index < -0.39 is 68.6 Å². The zero-order valence-electron chi connectivity index (χ0n) is 19.7. The number of anilines is 1. The maximum absolute atomic E-state index is 13.5. The Labute approximate surface area is 223 Å². The third kappa shape index (κ3) is 6.31. The molecule has 0 amide bonds. The molecule has 3 heterocycles. The fourth-order valence-electron chi connectivity index (χ4n) is 3.80. The van der Waals surface area contributed by atoms with E-state index in [1.807, 2.05) is 4.90 Å². The van der Waals surface area contributed by atoms with Crippen molar-refractivity contribution in [1.29, 1.82) is 0 Å². The molecule has 1 unspecified atom stereocenters. The van der Waals surface area contributed by atoms with Crippen LogP contribution in [-0.2, 0) is 32.2 Å². The van der Waals surface area contributed by atoms with E-state index in [2.05, 4.69) is 9.71 Å². The lowest BCUT2D eigenvalue weighted by atomic mass is 10.1. The first-order valence-corrected chi connectivity index (χ1v) is 14.7. The van der Waals surface area contributed by atoms with Gasteiger partial charge >= 0.3 is 12.4 Å². The van der Waals surface area contributed by atoms with Gasteiger partial charge in [0.2, 0.25) is 9.84 Å². The Hall–Kier alpha value is -2.89. The number of ether oxygens (including phenoxy) is 1. The molecule has 2 aromatic heterocycles. The van der Waals surface area contributed by atoms with Gasteiger partial charge in [0.1, 0.15) is 20.3 Å². The Kier molecular flexibility index (Phi) is 7.65. The predicted molar refractivity (Wildman–Crippen MR) is 128 cm³/mol. The van der Waals surface area contributed by atoms with Crippen LogP contribution in [0.25, 0.3) is 0 Å². The van der Waals surface area contributed by atoms with E-state index >= 15 is 0 Å². The molecule has 17 heteroatoms. The number of benzene rings is 1. The summed E-state index contributed by atoms with van der Waals surface area (Å²) in [5.74, 6) is -0.590. The van der Waals surface area contributed by atoms with Crippen LogP contribution in [0.4, 0.5) is 32.0 Å². The second kappa shape index (κ2) is 10.3. The zero-order chi connectivity index (χ0) is 28.8. The molecule has 1 aliphatic heterocycles. The molecule has 4 rings (SSSR count). The monoisotopic (exact) mass is 615 g/mol. The number of sulfonamides is 1. The van der Waals surface area contributed by atoms with Gasteiger partial charge < -0.3 is 9.64 Å². The number of likely N-dealkylation sites (tertiary alicyclic amines) is 1. The number of alkyl halides is 6. The number of pyridine rings is 1. The highest BCUT2D eigenvalue weighted by Gasteiger charge is 2.40. The maximum atomic E-state index is 13.5. The summed E-state index contributed by atoms with van der Waals surface area (Å²) >= 11 is 0.156. The number of aromatic nitrogens is 1. The summed E-state index contributed by atoms with van der Waals surface area (Å²) in [6.45, 7) is 0.969. The van der Waals surface area contributed by atoms with Crippen LogP contribution < -0.4 is 9.46 Å². The number of sulfone groups is 1. The summed E-state index contributed by atoms with van der Waals surface area (Å²) < 4.78 is 138. The molecule has 3 aromatic rings. The van der Waals surface area contributed by atoms with Gasteiger partial charge in [-0.25, -0.2) is 21.8 Å². The number of nitrogens with zero attached hydrogens (tertiary/aromatic N) is 2. The highest BCUT2D eigenvalue weighted by Crippen LogP contribution is 2.40. The number of hydrogen-bond donors (Lipinski definition) is 1. The quantitative estimate of drug-likeness (QED) is 0.377. The van der Waals surface area contributed by atoms with Crippen LogP contribution in [0.5, 0.6) is 5.75 Å². The molecule has 212 valence electrons. The standard InChI is InChI=1S/C22H19F6N3O5S3/c1-31-10-8-14(12-31)36-17-11-13(4-5-15(17)21(23,24)25)30-39(34,35)19-7-6-18(37-19)38(32,33)20-16(22(26,27)28)3-2-9-29-20/h2-7,9,11,14,30H,8,10,12H2,1H3. The van der Waals surface area contributed by atoms with Crippen molar-refractivity contribution in [2.45, 2.75) is 38.3 Å². The van der Waals surface area contributed by atoms with Gasteiger partial charge in [0, 0.05) is 25.4 Å². The summed E-state index contributed by atoms with van der Waals surface area (Å²) in [7, 11) is -7.65.